The average molecular weight is 311 g/mol. The van der Waals surface area contributed by atoms with Gasteiger partial charge < -0.3 is 4.74 Å². The van der Waals surface area contributed by atoms with Crippen LogP contribution < -0.4 is 4.74 Å². The number of ether oxygens (including phenoxy) is 1. The maximum Gasteiger partial charge on any atom is 0.243 e. The molecule has 1 aromatic carbocycles. The molecule has 0 N–H and O–H groups in total. The van der Waals surface area contributed by atoms with Gasteiger partial charge in [-0.05, 0) is 55.9 Å². The first-order valence-corrected chi connectivity index (χ1v) is 9.02. The Balaban J connectivity index is 2.29. The number of benzene rings is 1. The second-order valence-corrected chi connectivity index (χ2v) is 8.07. The molecule has 0 aromatic heterocycles. The van der Waals surface area contributed by atoms with Gasteiger partial charge in [0.25, 0.3) is 0 Å². The summed E-state index contributed by atoms with van der Waals surface area (Å²) < 4.78 is 32.7. The molecule has 1 fully saturated rings. The molecular formula is C16H25NO3S. The van der Waals surface area contributed by atoms with Gasteiger partial charge in [0.2, 0.25) is 10.0 Å². The van der Waals surface area contributed by atoms with Gasteiger partial charge in [-0.3, -0.25) is 0 Å². The maximum absolute atomic E-state index is 12.8. The van der Waals surface area contributed by atoms with Crippen LogP contribution in [-0.4, -0.2) is 32.4 Å². The number of sulfonamides is 1. The average Bonchev–Trinajstić information content (AvgIpc) is 2.40. The third-order valence-electron chi connectivity index (χ3n) is 3.92. The number of hydrogen-bond donors (Lipinski definition) is 0. The number of hydrogen-bond acceptors (Lipinski definition) is 3. The van der Waals surface area contributed by atoms with Crippen molar-refractivity contribution in [2.45, 2.75) is 39.0 Å². The van der Waals surface area contributed by atoms with Crippen molar-refractivity contribution < 1.29 is 13.2 Å². The predicted molar refractivity (Wildman–Crippen MR) is 84.1 cm³/mol. The second kappa shape index (κ2) is 6.36. The Morgan fingerprint density at radius 3 is 2.38 bits per heavy atom. The molecule has 2 rings (SSSR count). The molecule has 1 aromatic rings. The van der Waals surface area contributed by atoms with Crippen LogP contribution in [0.1, 0.15) is 32.8 Å². The minimum Gasteiger partial charge on any atom is -0.494 e. The zero-order valence-corrected chi connectivity index (χ0v) is 14.1. The third-order valence-corrected chi connectivity index (χ3v) is 5.75. The zero-order valence-electron chi connectivity index (χ0n) is 13.3. The standard InChI is InChI=1S/C16H25NO3S/c1-5-20-16-7-6-15(9-14(16)4)21(18,19)17-10-12(2)8-13(3)11-17/h6-7,9,12-13H,5,8,10-11H2,1-4H3/t12-,13+. The molecule has 0 radical (unpaired) electrons. The van der Waals surface area contributed by atoms with Gasteiger partial charge in [-0.2, -0.15) is 4.31 Å². The van der Waals surface area contributed by atoms with E-state index in [0.717, 1.165) is 17.7 Å². The molecule has 2 atom stereocenters. The molecular weight excluding hydrogens is 286 g/mol. The summed E-state index contributed by atoms with van der Waals surface area (Å²) in [7, 11) is -3.40. The Morgan fingerprint density at radius 1 is 1.24 bits per heavy atom. The highest BCUT2D eigenvalue weighted by atomic mass is 32.2. The maximum atomic E-state index is 12.8. The summed E-state index contributed by atoms with van der Waals surface area (Å²) in [5.41, 5.74) is 0.857. The number of aryl methyl sites for hydroxylation is 1. The van der Waals surface area contributed by atoms with Crippen molar-refractivity contribution in [2.24, 2.45) is 11.8 Å². The molecule has 0 bridgehead atoms. The van der Waals surface area contributed by atoms with Crippen LogP contribution in [0.15, 0.2) is 23.1 Å². The van der Waals surface area contributed by atoms with Crippen LogP contribution in [0.2, 0.25) is 0 Å². The first kappa shape index (κ1) is 16.3. The van der Waals surface area contributed by atoms with Gasteiger partial charge >= 0.3 is 0 Å². The van der Waals surface area contributed by atoms with Gasteiger partial charge in [-0.25, -0.2) is 8.42 Å². The quantitative estimate of drug-likeness (QED) is 0.858. The van der Waals surface area contributed by atoms with Gasteiger partial charge in [0.15, 0.2) is 0 Å². The van der Waals surface area contributed by atoms with E-state index in [0.29, 0.717) is 36.4 Å². The van der Waals surface area contributed by atoms with E-state index < -0.39 is 10.0 Å². The Bertz CT molecular complexity index is 588. The van der Waals surface area contributed by atoms with Crippen LogP contribution in [-0.2, 0) is 10.0 Å². The molecule has 1 saturated heterocycles. The van der Waals surface area contributed by atoms with Crippen molar-refractivity contribution in [3.8, 4) is 5.75 Å². The molecule has 1 aliphatic heterocycles. The lowest BCUT2D eigenvalue weighted by Crippen LogP contribution is -2.42. The molecule has 0 spiro atoms. The van der Waals surface area contributed by atoms with Crippen LogP contribution in [0, 0.1) is 18.8 Å². The number of nitrogens with zero attached hydrogens (tertiary/aromatic N) is 1. The van der Waals surface area contributed by atoms with Gasteiger partial charge in [0.1, 0.15) is 5.75 Å². The predicted octanol–water partition coefficient (Wildman–Crippen LogP) is 3.06. The van der Waals surface area contributed by atoms with Crippen molar-refractivity contribution in [1.82, 2.24) is 4.31 Å². The monoisotopic (exact) mass is 311 g/mol. The highest BCUT2D eigenvalue weighted by Crippen LogP contribution is 2.28. The van der Waals surface area contributed by atoms with Crippen LogP contribution in [0.3, 0.4) is 0 Å². The largest absolute Gasteiger partial charge is 0.494 e. The number of piperidine rings is 1. The molecule has 118 valence electrons. The normalized spacial score (nSPS) is 24.0. The first-order chi connectivity index (χ1) is 9.84. The van der Waals surface area contributed by atoms with E-state index in [1.807, 2.05) is 13.8 Å². The smallest absolute Gasteiger partial charge is 0.243 e. The first-order valence-electron chi connectivity index (χ1n) is 7.58. The van der Waals surface area contributed by atoms with Gasteiger partial charge in [-0.1, -0.05) is 13.8 Å². The lowest BCUT2D eigenvalue weighted by atomic mass is 9.94. The van der Waals surface area contributed by atoms with Crippen LogP contribution in [0.4, 0.5) is 0 Å². The van der Waals surface area contributed by atoms with Crippen LogP contribution in [0.25, 0.3) is 0 Å². The highest BCUT2D eigenvalue weighted by Gasteiger charge is 2.31. The van der Waals surface area contributed by atoms with E-state index in [2.05, 4.69) is 13.8 Å². The van der Waals surface area contributed by atoms with E-state index in [1.165, 1.54) is 0 Å². The SMILES string of the molecule is CCOc1ccc(S(=O)(=O)N2C[C@H](C)C[C@H](C)C2)cc1C. The summed E-state index contributed by atoms with van der Waals surface area (Å²) >= 11 is 0. The fraction of sp³-hybridized carbons (Fsp3) is 0.625. The Hall–Kier alpha value is -1.07. The second-order valence-electron chi connectivity index (χ2n) is 6.13. The summed E-state index contributed by atoms with van der Waals surface area (Å²) in [5.74, 6) is 1.57. The van der Waals surface area contributed by atoms with E-state index >= 15 is 0 Å². The lowest BCUT2D eigenvalue weighted by Gasteiger charge is -2.34. The summed E-state index contributed by atoms with van der Waals surface area (Å²) in [6, 6.07) is 5.12. The highest BCUT2D eigenvalue weighted by molar-refractivity contribution is 7.89. The summed E-state index contributed by atoms with van der Waals surface area (Å²) in [5, 5.41) is 0. The van der Waals surface area contributed by atoms with Crippen molar-refractivity contribution in [1.29, 1.82) is 0 Å². The lowest BCUT2D eigenvalue weighted by molar-refractivity contribution is 0.222. The minimum atomic E-state index is -3.40. The fourth-order valence-electron chi connectivity index (χ4n) is 3.05. The molecule has 4 nitrogen and oxygen atoms in total. The summed E-state index contributed by atoms with van der Waals surface area (Å²) in [4.78, 5) is 0.366. The van der Waals surface area contributed by atoms with Crippen molar-refractivity contribution in [3.63, 3.8) is 0 Å². The molecule has 1 aliphatic rings. The molecule has 0 unspecified atom stereocenters. The third kappa shape index (κ3) is 3.58. The van der Waals surface area contributed by atoms with Crippen LogP contribution in [0.5, 0.6) is 5.75 Å². The Kier molecular flexibility index (Phi) is 4.94. The topological polar surface area (TPSA) is 46.6 Å². The Morgan fingerprint density at radius 2 is 1.86 bits per heavy atom. The van der Waals surface area contributed by atoms with Crippen molar-refractivity contribution in [3.05, 3.63) is 23.8 Å². The molecule has 21 heavy (non-hydrogen) atoms. The molecule has 5 heteroatoms. The van der Waals surface area contributed by atoms with Gasteiger partial charge in [0.05, 0.1) is 11.5 Å². The van der Waals surface area contributed by atoms with Gasteiger partial charge in [0, 0.05) is 13.1 Å². The fourth-order valence-corrected chi connectivity index (χ4v) is 4.82. The molecule has 0 amide bonds. The summed E-state index contributed by atoms with van der Waals surface area (Å²) in [6.07, 6.45) is 1.09. The minimum absolute atomic E-state index is 0.366. The molecule has 0 saturated carbocycles. The van der Waals surface area contributed by atoms with E-state index in [1.54, 1.807) is 22.5 Å². The Labute approximate surface area is 128 Å². The van der Waals surface area contributed by atoms with E-state index in [-0.39, 0.29) is 0 Å². The molecule has 1 heterocycles. The zero-order chi connectivity index (χ0) is 15.6. The van der Waals surface area contributed by atoms with E-state index in [4.69, 9.17) is 4.74 Å². The van der Waals surface area contributed by atoms with E-state index in [9.17, 15) is 8.42 Å². The van der Waals surface area contributed by atoms with Crippen molar-refractivity contribution in [2.75, 3.05) is 19.7 Å². The van der Waals surface area contributed by atoms with Gasteiger partial charge in [-0.15, -0.1) is 0 Å². The van der Waals surface area contributed by atoms with Crippen LogP contribution >= 0.6 is 0 Å². The summed E-state index contributed by atoms with van der Waals surface area (Å²) in [6.45, 7) is 9.82. The number of rotatable bonds is 4. The van der Waals surface area contributed by atoms with Crippen molar-refractivity contribution >= 4 is 10.0 Å². The molecule has 0 aliphatic carbocycles.